The zero-order valence-electron chi connectivity index (χ0n) is 12.2. The van der Waals surface area contributed by atoms with Gasteiger partial charge < -0.3 is 5.32 Å². The highest BCUT2D eigenvalue weighted by Gasteiger charge is 2.19. The highest BCUT2D eigenvalue weighted by Crippen LogP contribution is 2.18. The lowest BCUT2D eigenvalue weighted by Crippen LogP contribution is -2.33. The van der Waals surface area contributed by atoms with Gasteiger partial charge in [-0.1, -0.05) is 25.5 Å². The first-order valence-corrected chi connectivity index (χ1v) is 8.70. The normalized spacial score (nSPS) is 12.9. The number of hydrogen-bond donors (Lipinski definition) is 2. The van der Waals surface area contributed by atoms with Crippen molar-refractivity contribution in [1.82, 2.24) is 10.0 Å². The second kappa shape index (κ2) is 8.09. The van der Waals surface area contributed by atoms with Crippen LogP contribution in [0.4, 0.5) is 4.39 Å². The van der Waals surface area contributed by atoms with Crippen LogP contribution in [0, 0.1) is 5.82 Å². The van der Waals surface area contributed by atoms with E-state index in [4.69, 9.17) is 0 Å². The Kier molecular flexibility index (Phi) is 6.77. The Labute approximate surface area is 125 Å². The standard InChI is InChI=1S/C14H21FN2O3S/c1-3-4-9-16-14(18)10-13(17-21(2,19)20)11-5-7-12(15)8-6-11/h5-8,13,17H,3-4,9-10H2,1-2H3,(H,16,18). The van der Waals surface area contributed by atoms with Crippen LogP contribution in [0.2, 0.25) is 0 Å². The van der Waals surface area contributed by atoms with Crippen molar-refractivity contribution in [3.05, 3.63) is 35.6 Å². The van der Waals surface area contributed by atoms with E-state index in [1.165, 1.54) is 24.3 Å². The molecular formula is C14H21FN2O3S. The summed E-state index contributed by atoms with van der Waals surface area (Å²) in [6, 6.07) is 4.71. The summed E-state index contributed by atoms with van der Waals surface area (Å²) in [5, 5.41) is 2.73. The lowest BCUT2D eigenvalue weighted by molar-refractivity contribution is -0.121. The molecule has 0 aliphatic heterocycles. The molecule has 0 spiro atoms. The van der Waals surface area contributed by atoms with Gasteiger partial charge in [-0.05, 0) is 24.1 Å². The van der Waals surface area contributed by atoms with Gasteiger partial charge in [0.25, 0.3) is 0 Å². The first-order chi connectivity index (χ1) is 9.81. The van der Waals surface area contributed by atoms with Gasteiger partial charge in [0.15, 0.2) is 0 Å². The lowest BCUT2D eigenvalue weighted by Gasteiger charge is -2.17. The molecule has 0 aliphatic rings. The van der Waals surface area contributed by atoms with Gasteiger partial charge in [-0.3, -0.25) is 4.79 Å². The summed E-state index contributed by atoms with van der Waals surface area (Å²) < 4.78 is 38.2. The van der Waals surface area contributed by atoms with Gasteiger partial charge in [-0.25, -0.2) is 17.5 Å². The molecule has 0 aliphatic carbocycles. The van der Waals surface area contributed by atoms with Crippen LogP contribution in [0.25, 0.3) is 0 Å². The van der Waals surface area contributed by atoms with Crippen molar-refractivity contribution >= 4 is 15.9 Å². The first-order valence-electron chi connectivity index (χ1n) is 6.81. The Bertz CT molecular complexity index is 558. The summed E-state index contributed by atoms with van der Waals surface area (Å²) >= 11 is 0. The number of unbranched alkanes of at least 4 members (excludes halogenated alkanes) is 1. The van der Waals surface area contributed by atoms with Gasteiger partial charge in [-0.2, -0.15) is 0 Å². The Morgan fingerprint density at radius 2 is 1.90 bits per heavy atom. The SMILES string of the molecule is CCCCNC(=O)CC(NS(C)(=O)=O)c1ccc(F)cc1. The van der Waals surface area contributed by atoms with E-state index in [1.54, 1.807) is 0 Å². The van der Waals surface area contributed by atoms with E-state index in [0.29, 0.717) is 12.1 Å². The minimum Gasteiger partial charge on any atom is -0.356 e. The van der Waals surface area contributed by atoms with Crippen LogP contribution >= 0.6 is 0 Å². The molecule has 0 saturated carbocycles. The molecule has 0 aromatic heterocycles. The van der Waals surface area contributed by atoms with E-state index >= 15 is 0 Å². The summed E-state index contributed by atoms with van der Waals surface area (Å²) in [5.41, 5.74) is 0.549. The van der Waals surface area contributed by atoms with Crippen LogP contribution in [-0.4, -0.2) is 27.1 Å². The van der Waals surface area contributed by atoms with Crippen molar-refractivity contribution in [3.63, 3.8) is 0 Å². The van der Waals surface area contributed by atoms with E-state index < -0.39 is 21.9 Å². The van der Waals surface area contributed by atoms with Gasteiger partial charge in [0.1, 0.15) is 5.82 Å². The number of carbonyl (C=O) groups excluding carboxylic acids is 1. The Morgan fingerprint density at radius 3 is 2.43 bits per heavy atom. The lowest BCUT2D eigenvalue weighted by atomic mass is 10.0. The number of sulfonamides is 1. The topological polar surface area (TPSA) is 75.3 Å². The summed E-state index contributed by atoms with van der Waals surface area (Å²) in [6.07, 6.45) is 2.83. The van der Waals surface area contributed by atoms with Gasteiger partial charge in [0, 0.05) is 13.0 Å². The second-order valence-corrected chi connectivity index (χ2v) is 6.68. The fourth-order valence-corrected chi connectivity index (χ4v) is 2.58. The molecule has 21 heavy (non-hydrogen) atoms. The number of rotatable bonds is 8. The number of nitrogens with one attached hydrogen (secondary N) is 2. The molecule has 1 amide bonds. The summed E-state index contributed by atoms with van der Waals surface area (Å²) in [6.45, 7) is 2.57. The van der Waals surface area contributed by atoms with Crippen molar-refractivity contribution < 1.29 is 17.6 Å². The smallest absolute Gasteiger partial charge is 0.221 e. The molecule has 7 heteroatoms. The quantitative estimate of drug-likeness (QED) is 0.717. The number of benzene rings is 1. The number of amides is 1. The maximum absolute atomic E-state index is 12.9. The van der Waals surface area contributed by atoms with E-state index in [1.807, 2.05) is 6.92 Å². The molecule has 2 N–H and O–H groups in total. The highest BCUT2D eigenvalue weighted by atomic mass is 32.2. The third kappa shape index (κ3) is 7.19. The second-order valence-electron chi connectivity index (χ2n) is 4.90. The minimum absolute atomic E-state index is 0.0254. The van der Waals surface area contributed by atoms with Crippen molar-refractivity contribution in [1.29, 1.82) is 0 Å². The summed E-state index contributed by atoms with van der Waals surface area (Å²) in [5.74, 6) is -0.654. The Balaban J connectivity index is 2.78. The molecule has 0 bridgehead atoms. The first kappa shape index (κ1) is 17.6. The fraction of sp³-hybridized carbons (Fsp3) is 0.500. The molecule has 1 rings (SSSR count). The summed E-state index contributed by atoms with van der Waals surface area (Å²) in [4.78, 5) is 11.8. The van der Waals surface area contributed by atoms with Gasteiger partial charge in [-0.15, -0.1) is 0 Å². The molecule has 118 valence electrons. The predicted molar refractivity (Wildman–Crippen MR) is 79.7 cm³/mol. The number of hydrogen-bond acceptors (Lipinski definition) is 3. The zero-order valence-corrected chi connectivity index (χ0v) is 13.0. The van der Waals surface area contributed by atoms with Crippen LogP contribution in [-0.2, 0) is 14.8 Å². The summed E-state index contributed by atoms with van der Waals surface area (Å²) in [7, 11) is -3.48. The van der Waals surface area contributed by atoms with Gasteiger partial charge in [0.2, 0.25) is 15.9 Å². The molecule has 0 heterocycles. The van der Waals surface area contributed by atoms with Crippen LogP contribution in [0.3, 0.4) is 0 Å². The molecule has 5 nitrogen and oxygen atoms in total. The average molecular weight is 316 g/mol. The largest absolute Gasteiger partial charge is 0.356 e. The molecule has 1 atom stereocenters. The van der Waals surface area contributed by atoms with Crippen molar-refractivity contribution in [3.8, 4) is 0 Å². The van der Waals surface area contributed by atoms with Crippen LogP contribution in [0.5, 0.6) is 0 Å². The maximum atomic E-state index is 12.9. The Morgan fingerprint density at radius 1 is 1.29 bits per heavy atom. The highest BCUT2D eigenvalue weighted by molar-refractivity contribution is 7.88. The fourth-order valence-electron chi connectivity index (χ4n) is 1.84. The molecule has 0 fully saturated rings. The predicted octanol–water partition coefficient (Wildman–Crippen LogP) is 1.72. The van der Waals surface area contributed by atoms with E-state index in [9.17, 15) is 17.6 Å². The van der Waals surface area contributed by atoms with Crippen molar-refractivity contribution in [2.24, 2.45) is 0 Å². The van der Waals surface area contributed by atoms with Crippen LogP contribution < -0.4 is 10.0 Å². The molecule has 1 aromatic carbocycles. The molecule has 0 radical (unpaired) electrons. The number of halogens is 1. The van der Waals surface area contributed by atoms with E-state index in [2.05, 4.69) is 10.0 Å². The third-order valence-corrected chi connectivity index (χ3v) is 3.58. The van der Waals surface area contributed by atoms with Crippen LogP contribution in [0.15, 0.2) is 24.3 Å². The maximum Gasteiger partial charge on any atom is 0.221 e. The van der Waals surface area contributed by atoms with Gasteiger partial charge in [0.05, 0.1) is 12.3 Å². The minimum atomic E-state index is -3.48. The molecule has 1 aromatic rings. The van der Waals surface area contributed by atoms with Crippen LogP contribution in [0.1, 0.15) is 37.8 Å². The Hall–Kier alpha value is -1.47. The average Bonchev–Trinajstić information content (AvgIpc) is 2.37. The third-order valence-electron chi connectivity index (χ3n) is 2.87. The van der Waals surface area contributed by atoms with E-state index in [0.717, 1.165) is 19.1 Å². The van der Waals surface area contributed by atoms with E-state index in [-0.39, 0.29) is 12.3 Å². The monoisotopic (exact) mass is 316 g/mol. The van der Waals surface area contributed by atoms with Crippen molar-refractivity contribution in [2.75, 3.05) is 12.8 Å². The molecule has 1 unspecified atom stereocenters. The van der Waals surface area contributed by atoms with Gasteiger partial charge >= 0.3 is 0 Å². The molecule has 0 saturated heterocycles. The molecular weight excluding hydrogens is 295 g/mol. The van der Waals surface area contributed by atoms with Crippen molar-refractivity contribution in [2.45, 2.75) is 32.2 Å². The number of carbonyl (C=O) groups is 1. The zero-order chi connectivity index (χ0) is 15.9.